The number of nitrogens with one attached hydrogen (secondary N) is 1. The summed E-state index contributed by atoms with van der Waals surface area (Å²) in [6.07, 6.45) is 2.71. The monoisotopic (exact) mass is 243 g/mol. The fraction of sp³-hybridized carbons (Fsp3) is 0.833. The van der Waals surface area contributed by atoms with Crippen LogP contribution in [0.25, 0.3) is 0 Å². The van der Waals surface area contributed by atoms with Gasteiger partial charge in [-0.1, -0.05) is 6.92 Å². The average Bonchev–Trinajstić information content (AvgIpc) is 2.32. The molecule has 3 N–H and O–H groups in total. The van der Waals surface area contributed by atoms with Gasteiger partial charge in [0.25, 0.3) is 0 Å². The van der Waals surface area contributed by atoms with Gasteiger partial charge in [0, 0.05) is 33.5 Å². The van der Waals surface area contributed by atoms with Crippen LogP contribution < -0.4 is 11.1 Å². The van der Waals surface area contributed by atoms with E-state index in [1.165, 1.54) is 0 Å². The number of carbonyl (C=O) groups is 2. The van der Waals surface area contributed by atoms with Crippen molar-refractivity contribution in [2.24, 2.45) is 11.7 Å². The number of nitrogens with zero attached hydrogens (tertiary/aromatic N) is 1. The molecule has 17 heavy (non-hydrogen) atoms. The maximum Gasteiger partial charge on any atom is 0.222 e. The molecule has 5 heteroatoms. The minimum Gasteiger partial charge on any atom is -0.359 e. The molecule has 0 rings (SSSR count). The molecular weight excluding hydrogens is 218 g/mol. The molecule has 5 nitrogen and oxygen atoms in total. The van der Waals surface area contributed by atoms with Crippen molar-refractivity contribution in [3.8, 4) is 0 Å². The molecule has 0 radical (unpaired) electrons. The van der Waals surface area contributed by atoms with E-state index in [1.54, 1.807) is 19.0 Å². The van der Waals surface area contributed by atoms with Gasteiger partial charge in [-0.25, -0.2) is 0 Å². The first-order valence-corrected chi connectivity index (χ1v) is 6.15. The zero-order valence-electron chi connectivity index (χ0n) is 11.2. The molecule has 1 atom stereocenters. The predicted molar refractivity (Wildman–Crippen MR) is 68.4 cm³/mol. The van der Waals surface area contributed by atoms with Crippen LogP contribution in [-0.4, -0.2) is 43.9 Å². The van der Waals surface area contributed by atoms with Crippen molar-refractivity contribution in [3.63, 3.8) is 0 Å². The van der Waals surface area contributed by atoms with E-state index in [-0.39, 0.29) is 11.8 Å². The Labute approximate surface area is 104 Å². The summed E-state index contributed by atoms with van der Waals surface area (Å²) in [5.41, 5.74) is 5.45. The van der Waals surface area contributed by atoms with Crippen LogP contribution in [0.1, 0.15) is 32.6 Å². The van der Waals surface area contributed by atoms with Crippen LogP contribution in [0.15, 0.2) is 0 Å². The van der Waals surface area contributed by atoms with Crippen molar-refractivity contribution in [2.75, 3.05) is 27.2 Å². The number of hydrogen-bond donors (Lipinski definition) is 2. The molecule has 0 aromatic heterocycles. The van der Waals surface area contributed by atoms with Crippen LogP contribution in [0.2, 0.25) is 0 Å². The Morgan fingerprint density at radius 3 is 2.47 bits per heavy atom. The highest BCUT2D eigenvalue weighted by molar-refractivity contribution is 5.78. The zero-order chi connectivity index (χ0) is 13.3. The largest absolute Gasteiger partial charge is 0.359 e. The van der Waals surface area contributed by atoms with Crippen molar-refractivity contribution >= 4 is 11.8 Å². The first kappa shape index (κ1) is 15.9. The fourth-order valence-electron chi connectivity index (χ4n) is 1.51. The van der Waals surface area contributed by atoms with Crippen molar-refractivity contribution < 1.29 is 9.59 Å². The second-order valence-corrected chi connectivity index (χ2v) is 4.46. The summed E-state index contributed by atoms with van der Waals surface area (Å²) in [7, 11) is 3.33. The number of nitrogens with two attached hydrogens (primary N) is 1. The SMILES string of the molecule is CNC(=O)CCN(C)C(=O)CCC(C)CCN. The molecule has 0 fully saturated rings. The van der Waals surface area contributed by atoms with Gasteiger partial charge in [-0.2, -0.15) is 0 Å². The van der Waals surface area contributed by atoms with E-state index in [9.17, 15) is 9.59 Å². The van der Waals surface area contributed by atoms with Crippen LogP contribution in [0, 0.1) is 5.92 Å². The highest BCUT2D eigenvalue weighted by Crippen LogP contribution is 2.10. The molecule has 100 valence electrons. The van der Waals surface area contributed by atoms with Crippen molar-refractivity contribution in [3.05, 3.63) is 0 Å². The molecule has 0 spiro atoms. The standard InChI is InChI=1S/C12H25N3O2/c1-10(6-8-13)4-5-12(17)15(3)9-7-11(16)14-2/h10H,4-9,13H2,1-3H3,(H,14,16). The summed E-state index contributed by atoms with van der Waals surface area (Å²) in [6, 6.07) is 0. The van der Waals surface area contributed by atoms with E-state index in [2.05, 4.69) is 12.2 Å². The van der Waals surface area contributed by atoms with Crippen molar-refractivity contribution in [2.45, 2.75) is 32.6 Å². The van der Waals surface area contributed by atoms with Crippen LogP contribution >= 0.6 is 0 Å². The lowest BCUT2D eigenvalue weighted by molar-refractivity contribution is -0.130. The van der Waals surface area contributed by atoms with E-state index in [4.69, 9.17) is 5.73 Å². The van der Waals surface area contributed by atoms with E-state index in [0.717, 1.165) is 12.8 Å². The van der Waals surface area contributed by atoms with Crippen LogP contribution in [-0.2, 0) is 9.59 Å². The first-order chi connectivity index (χ1) is 8.01. The van der Waals surface area contributed by atoms with Crippen LogP contribution in [0.5, 0.6) is 0 Å². The average molecular weight is 243 g/mol. The Hall–Kier alpha value is -1.10. The third kappa shape index (κ3) is 7.74. The Balaban J connectivity index is 3.78. The van der Waals surface area contributed by atoms with Crippen molar-refractivity contribution in [1.29, 1.82) is 0 Å². The second-order valence-electron chi connectivity index (χ2n) is 4.46. The van der Waals surface area contributed by atoms with Crippen molar-refractivity contribution in [1.82, 2.24) is 10.2 Å². The fourth-order valence-corrected chi connectivity index (χ4v) is 1.51. The highest BCUT2D eigenvalue weighted by Gasteiger charge is 2.11. The van der Waals surface area contributed by atoms with Gasteiger partial charge in [0.05, 0.1) is 0 Å². The van der Waals surface area contributed by atoms with E-state index in [1.807, 2.05) is 0 Å². The Bertz CT molecular complexity index is 244. The summed E-state index contributed by atoms with van der Waals surface area (Å²) >= 11 is 0. The summed E-state index contributed by atoms with van der Waals surface area (Å²) in [5, 5.41) is 2.54. The maximum atomic E-state index is 11.7. The summed E-state index contributed by atoms with van der Waals surface area (Å²) in [4.78, 5) is 24.4. The third-order valence-electron chi connectivity index (χ3n) is 2.89. The lowest BCUT2D eigenvalue weighted by atomic mass is 10.0. The van der Waals surface area contributed by atoms with Gasteiger partial charge in [-0.05, 0) is 25.3 Å². The Morgan fingerprint density at radius 1 is 1.29 bits per heavy atom. The van der Waals surface area contributed by atoms with Gasteiger partial charge in [0.15, 0.2) is 0 Å². The zero-order valence-corrected chi connectivity index (χ0v) is 11.2. The molecule has 0 aliphatic rings. The normalized spacial score (nSPS) is 12.0. The van der Waals surface area contributed by atoms with Gasteiger partial charge < -0.3 is 16.0 Å². The molecule has 2 amide bonds. The molecule has 0 aliphatic carbocycles. The quantitative estimate of drug-likeness (QED) is 0.646. The number of rotatable bonds is 8. The number of amides is 2. The molecule has 0 aromatic rings. The number of carbonyl (C=O) groups excluding carboxylic acids is 2. The van der Waals surface area contributed by atoms with E-state index >= 15 is 0 Å². The molecule has 0 saturated heterocycles. The maximum absolute atomic E-state index is 11.7. The van der Waals surface area contributed by atoms with Gasteiger partial charge >= 0.3 is 0 Å². The van der Waals surface area contributed by atoms with Crippen LogP contribution in [0.4, 0.5) is 0 Å². The first-order valence-electron chi connectivity index (χ1n) is 6.15. The molecule has 0 saturated carbocycles. The van der Waals surface area contributed by atoms with E-state index in [0.29, 0.717) is 31.8 Å². The lowest BCUT2D eigenvalue weighted by Crippen LogP contribution is -2.31. The molecular formula is C12H25N3O2. The Morgan fingerprint density at radius 2 is 1.94 bits per heavy atom. The lowest BCUT2D eigenvalue weighted by Gasteiger charge is -2.18. The Kier molecular flexibility index (Phi) is 8.40. The summed E-state index contributed by atoms with van der Waals surface area (Å²) < 4.78 is 0. The van der Waals surface area contributed by atoms with Crippen LogP contribution in [0.3, 0.4) is 0 Å². The minimum absolute atomic E-state index is 0.0406. The van der Waals surface area contributed by atoms with Gasteiger partial charge in [0.2, 0.25) is 11.8 Å². The summed E-state index contributed by atoms with van der Waals surface area (Å²) in [5.74, 6) is 0.537. The second kappa shape index (κ2) is 8.98. The van der Waals surface area contributed by atoms with Gasteiger partial charge in [-0.15, -0.1) is 0 Å². The molecule has 0 aliphatic heterocycles. The minimum atomic E-state index is -0.0406. The van der Waals surface area contributed by atoms with Gasteiger partial charge in [-0.3, -0.25) is 9.59 Å². The smallest absolute Gasteiger partial charge is 0.222 e. The topological polar surface area (TPSA) is 75.4 Å². The number of hydrogen-bond acceptors (Lipinski definition) is 3. The third-order valence-corrected chi connectivity index (χ3v) is 2.89. The van der Waals surface area contributed by atoms with Gasteiger partial charge in [0.1, 0.15) is 0 Å². The molecule has 1 unspecified atom stereocenters. The molecule has 0 aromatic carbocycles. The predicted octanol–water partition coefficient (Wildman–Crippen LogP) is 0.346. The molecule has 0 heterocycles. The highest BCUT2D eigenvalue weighted by atomic mass is 16.2. The summed E-state index contributed by atoms with van der Waals surface area (Å²) in [6.45, 7) is 3.25. The van der Waals surface area contributed by atoms with E-state index < -0.39 is 0 Å². The molecule has 0 bridgehead atoms.